The van der Waals surface area contributed by atoms with Crippen LogP contribution in [0.5, 0.6) is 5.75 Å². The highest BCUT2D eigenvalue weighted by atomic mass is 19.3. The molecule has 6 N–H and O–H groups in total. The van der Waals surface area contributed by atoms with Crippen LogP contribution in [-0.4, -0.2) is 228 Å². The number of aliphatic hydroxyl groups is 2. The van der Waals surface area contributed by atoms with Crippen molar-refractivity contribution in [2.75, 3.05) is 105 Å². The molecule has 4 aromatic carbocycles. The number of morpholine rings is 4. The predicted molar refractivity (Wildman–Crippen MR) is 344 cm³/mol. The molecular weight excluding hydrogens is 1260 g/mol. The number of para-hydroxylation sites is 1. The summed E-state index contributed by atoms with van der Waals surface area (Å²) in [6.45, 7) is 5.25. The van der Waals surface area contributed by atoms with Crippen LogP contribution in [-0.2, 0) is 83.0 Å². The van der Waals surface area contributed by atoms with Gasteiger partial charge in [-0.3, -0.25) is 38.4 Å². The maximum atomic E-state index is 14.4. The maximum Gasteiger partial charge on any atom is 0.387 e. The number of ether oxygens (including phenoxy) is 5. The number of amides is 4. The molecule has 4 aromatic rings. The zero-order valence-corrected chi connectivity index (χ0v) is 54.4. The van der Waals surface area contributed by atoms with E-state index in [1.807, 2.05) is 91.0 Å². The van der Waals surface area contributed by atoms with Crippen molar-refractivity contribution in [1.29, 1.82) is 0 Å². The van der Waals surface area contributed by atoms with E-state index < -0.39 is 96.2 Å². The van der Waals surface area contributed by atoms with Gasteiger partial charge < -0.3 is 73.9 Å². The number of carbonyl (C=O) groups excluding carboxylic acids is 4. The fourth-order valence-corrected chi connectivity index (χ4v) is 11.4. The number of aliphatic hydroxyl groups excluding tert-OH is 2. The number of halogens is 3. The average molecular weight is 1350 g/mol. The van der Waals surface area contributed by atoms with Gasteiger partial charge in [-0.05, 0) is 105 Å². The fraction of sp³-hybridized carbons (Fsp3) is 0.543. The zero-order valence-electron chi connectivity index (χ0n) is 54.4. The molecule has 4 heterocycles. The molecule has 0 radical (unpaired) electrons. The lowest BCUT2D eigenvalue weighted by Gasteiger charge is -2.31. The van der Waals surface area contributed by atoms with Crippen molar-refractivity contribution in [2.24, 2.45) is 29.6 Å². The lowest BCUT2D eigenvalue weighted by Crippen LogP contribution is -2.49. The Hall–Kier alpha value is -8.01. The van der Waals surface area contributed by atoms with E-state index in [0.29, 0.717) is 136 Å². The van der Waals surface area contributed by atoms with Crippen molar-refractivity contribution >= 4 is 47.5 Å². The van der Waals surface area contributed by atoms with Gasteiger partial charge in [-0.1, -0.05) is 116 Å². The number of benzene rings is 4. The Bertz CT molecular complexity index is 2740. The Morgan fingerprint density at radius 2 is 0.688 bits per heavy atom. The van der Waals surface area contributed by atoms with Gasteiger partial charge in [0.05, 0.1) is 76.5 Å². The average Bonchev–Trinajstić information content (AvgIpc) is 1.25. The van der Waals surface area contributed by atoms with Crippen LogP contribution in [0.15, 0.2) is 115 Å². The van der Waals surface area contributed by atoms with Gasteiger partial charge in [0.25, 0.3) is 17.7 Å². The smallest absolute Gasteiger partial charge is 0.387 e. The predicted octanol–water partition coefficient (Wildman–Crippen LogP) is 6.57. The number of nitrogens with zero attached hydrogens (tertiary/aromatic N) is 4. The van der Waals surface area contributed by atoms with Crippen LogP contribution in [0.3, 0.4) is 0 Å². The summed E-state index contributed by atoms with van der Waals surface area (Å²) in [5, 5.41) is 57.9. The van der Waals surface area contributed by atoms with E-state index in [4.69, 9.17) is 18.9 Å². The first kappa shape index (κ1) is 78.7. The normalized spacial score (nSPS) is 17.3. The minimum absolute atomic E-state index is 0.0234. The van der Waals surface area contributed by atoms with E-state index in [1.165, 1.54) is 26.3 Å². The second-order valence-electron chi connectivity index (χ2n) is 23.6. The lowest BCUT2D eigenvalue weighted by molar-refractivity contribution is -0.157. The monoisotopic (exact) mass is 1350 g/mol. The summed E-state index contributed by atoms with van der Waals surface area (Å²) in [7, 11) is 0. The molecule has 4 fully saturated rings. The minimum atomic E-state index is -2.95. The molecule has 4 saturated heterocycles. The Kier molecular flexibility index (Phi) is 35.4. The van der Waals surface area contributed by atoms with E-state index in [1.54, 1.807) is 30.0 Å². The molecule has 0 aromatic heterocycles. The summed E-state index contributed by atoms with van der Waals surface area (Å²) in [5.41, 5.74) is 3.90. The van der Waals surface area contributed by atoms with Crippen LogP contribution in [0.25, 0.3) is 0 Å². The van der Waals surface area contributed by atoms with Crippen LogP contribution < -0.4 is 4.74 Å². The third-order valence-electron chi connectivity index (χ3n) is 17.0. The second-order valence-corrected chi connectivity index (χ2v) is 23.6. The first-order chi connectivity index (χ1) is 46.2. The first-order valence-corrected chi connectivity index (χ1v) is 32.7. The number of carboxylic acid groups (broad SMARTS) is 4. The van der Waals surface area contributed by atoms with Gasteiger partial charge in [0.15, 0.2) is 6.17 Å². The number of hydrogen-bond donors (Lipinski definition) is 6. The Morgan fingerprint density at radius 3 is 1.03 bits per heavy atom. The molecule has 8 atom stereocenters. The minimum Gasteiger partial charge on any atom is -0.481 e. The standard InChI is InChI=1S/C18H23F2NO6.C18H25NO4.C17H22FNO4.C17H23NO5/c19-18(20)27-14-7-2-1-4-12(14)5-3-6-13(17(24)25)15(22)16(23)21-8-10-26-11-9-21;1-14(17(20)19-10-12-23-13-11-19)16(18(21)22)9-5-8-15-6-3-2-4-7-15;18-15(16(20)19-9-11-23-12-10-19)14(17(21)22)8-4-7-13-5-2-1-3-6-13;19-15(16(20)18-9-11-23-12-10-18)14(17(21)22)8-4-7-13-5-2-1-3-6-13/h1-2,4,7,13,15,18,22H,3,5-6,8-11H2,(H,24,25);2-4,6-7,14,16H,5,8-13H2,1H3,(H,21,22);1-3,5-6,14-15H,4,7-12H2,(H,21,22);1-3,5-6,14-15,19H,4,7-12H2,(H,21,22)/t13-,15+;14?,16-;14-,15?;14-,15+/m1111/s1. The van der Waals surface area contributed by atoms with E-state index in [-0.39, 0.29) is 43.8 Å². The molecule has 0 aliphatic carbocycles. The van der Waals surface area contributed by atoms with Gasteiger partial charge in [0, 0.05) is 58.3 Å². The molecular formula is C70H93F3N4O19. The number of carboxylic acids is 4. The largest absolute Gasteiger partial charge is 0.481 e. The third-order valence-corrected chi connectivity index (χ3v) is 17.0. The first-order valence-electron chi connectivity index (χ1n) is 32.7. The van der Waals surface area contributed by atoms with Gasteiger partial charge in [-0.15, -0.1) is 0 Å². The molecule has 23 nitrogen and oxygen atoms in total. The molecule has 26 heteroatoms. The van der Waals surface area contributed by atoms with Crippen LogP contribution in [0.1, 0.15) is 80.5 Å². The van der Waals surface area contributed by atoms with E-state index in [9.17, 15) is 82.2 Å². The van der Waals surface area contributed by atoms with E-state index in [0.717, 1.165) is 30.4 Å². The highest BCUT2D eigenvalue weighted by Crippen LogP contribution is 2.27. The van der Waals surface area contributed by atoms with Crippen molar-refractivity contribution in [2.45, 2.75) is 109 Å². The SMILES string of the molecule is CC(C(=O)N1CCOCC1)[C@@H](CCCc1ccccc1)C(=O)O.O=C(O)[C@H](CCCc1ccccc1)C(F)C(=O)N1CCOCC1.O=C(O)[C@H](CCCc1ccccc1)[C@H](O)C(=O)N1CCOCC1.O=C(O)[C@H](CCCc1ccccc1OC(F)F)[C@H](O)C(=O)N1CCOCC1. The highest BCUT2D eigenvalue weighted by Gasteiger charge is 2.39. The van der Waals surface area contributed by atoms with Gasteiger partial charge in [0.2, 0.25) is 5.91 Å². The summed E-state index contributed by atoms with van der Waals surface area (Å²) >= 11 is 0. The molecule has 4 amide bonds. The molecule has 96 heavy (non-hydrogen) atoms. The quantitative estimate of drug-likeness (QED) is 0.0321. The topological polar surface area (TPSA) is 317 Å². The molecule has 528 valence electrons. The number of alkyl halides is 3. The summed E-state index contributed by atoms with van der Waals surface area (Å²) in [6, 6.07) is 35.6. The summed E-state index contributed by atoms with van der Waals surface area (Å²) < 4.78 is 64.4. The Labute approximate surface area is 558 Å². The lowest BCUT2D eigenvalue weighted by atomic mass is 9.87. The molecule has 4 aliphatic heterocycles. The van der Waals surface area contributed by atoms with Crippen LogP contribution in [0.2, 0.25) is 0 Å². The van der Waals surface area contributed by atoms with E-state index in [2.05, 4.69) is 4.74 Å². The van der Waals surface area contributed by atoms with Gasteiger partial charge in [-0.25, -0.2) is 4.39 Å². The van der Waals surface area contributed by atoms with Crippen molar-refractivity contribution in [3.63, 3.8) is 0 Å². The number of carbonyl (C=O) groups is 8. The Balaban J connectivity index is 0.000000232. The Morgan fingerprint density at radius 1 is 0.396 bits per heavy atom. The van der Waals surface area contributed by atoms with Gasteiger partial charge in [0.1, 0.15) is 18.0 Å². The van der Waals surface area contributed by atoms with Gasteiger partial charge >= 0.3 is 30.5 Å². The summed E-state index contributed by atoms with van der Waals surface area (Å²) in [6.07, 6.45) is 0.485. The van der Waals surface area contributed by atoms with Crippen molar-refractivity contribution in [3.8, 4) is 5.75 Å². The molecule has 8 rings (SSSR count). The zero-order chi connectivity index (χ0) is 69.8. The van der Waals surface area contributed by atoms with Crippen molar-refractivity contribution in [1.82, 2.24) is 19.6 Å². The highest BCUT2D eigenvalue weighted by molar-refractivity contribution is 5.88. The molecule has 0 bridgehead atoms. The second kappa shape index (κ2) is 43.2. The van der Waals surface area contributed by atoms with Crippen molar-refractivity contribution < 1.29 is 106 Å². The molecule has 0 spiro atoms. The fourth-order valence-electron chi connectivity index (χ4n) is 11.4. The number of hydrogen-bond acceptors (Lipinski definition) is 15. The number of rotatable bonds is 30. The molecule has 2 unspecified atom stereocenters. The van der Waals surface area contributed by atoms with Crippen LogP contribution in [0, 0.1) is 29.6 Å². The van der Waals surface area contributed by atoms with E-state index >= 15 is 0 Å². The molecule has 0 saturated carbocycles. The summed E-state index contributed by atoms with van der Waals surface area (Å²) in [4.78, 5) is 101. The summed E-state index contributed by atoms with van der Waals surface area (Å²) in [5.74, 6) is -11.2. The van der Waals surface area contributed by atoms with Crippen LogP contribution in [0.4, 0.5) is 13.2 Å². The number of aryl methyl sites for hydroxylation is 4. The van der Waals surface area contributed by atoms with Crippen molar-refractivity contribution in [3.05, 3.63) is 138 Å². The number of aliphatic carboxylic acids is 4. The molecule has 4 aliphatic rings. The van der Waals surface area contributed by atoms with Crippen LogP contribution >= 0.6 is 0 Å². The van der Waals surface area contributed by atoms with Gasteiger partial charge in [-0.2, -0.15) is 8.78 Å². The third kappa shape index (κ3) is 27.2. The maximum absolute atomic E-state index is 14.4.